The predicted octanol–water partition coefficient (Wildman–Crippen LogP) is 2.64. The molecule has 0 bridgehead atoms. The summed E-state index contributed by atoms with van der Waals surface area (Å²) in [6, 6.07) is 8.11. The average Bonchev–Trinajstić information content (AvgIpc) is 2.19. The topological polar surface area (TPSA) is 20.2 Å². The minimum absolute atomic E-state index is 0.213. The first-order valence-electron chi connectivity index (χ1n) is 4.65. The molecule has 0 aliphatic rings. The SMILES string of the molecule is C=Cc1ccc(CC(O)CC)cc1. The van der Waals surface area contributed by atoms with Gasteiger partial charge < -0.3 is 5.11 Å². The first-order valence-corrected chi connectivity index (χ1v) is 4.65. The van der Waals surface area contributed by atoms with E-state index < -0.39 is 0 Å². The smallest absolute Gasteiger partial charge is 0.0577 e. The molecular formula is C12H16O. The molecule has 1 N–H and O–H groups in total. The zero-order valence-corrected chi connectivity index (χ0v) is 8.03. The fourth-order valence-corrected chi connectivity index (χ4v) is 1.21. The highest BCUT2D eigenvalue weighted by molar-refractivity contribution is 5.47. The van der Waals surface area contributed by atoms with Crippen molar-refractivity contribution in [2.75, 3.05) is 0 Å². The van der Waals surface area contributed by atoms with E-state index in [-0.39, 0.29) is 6.10 Å². The van der Waals surface area contributed by atoms with Crippen molar-refractivity contribution in [3.63, 3.8) is 0 Å². The Kier molecular flexibility index (Phi) is 3.71. The molecule has 0 spiro atoms. The Morgan fingerprint density at radius 3 is 2.46 bits per heavy atom. The van der Waals surface area contributed by atoms with Crippen LogP contribution < -0.4 is 0 Å². The number of hydrogen-bond donors (Lipinski definition) is 1. The summed E-state index contributed by atoms with van der Waals surface area (Å²) in [5.74, 6) is 0. The van der Waals surface area contributed by atoms with Gasteiger partial charge in [0.2, 0.25) is 0 Å². The van der Waals surface area contributed by atoms with Crippen LogP contribution in [0, 0.1) is 0 Å². The van der Waals surface area contributed by atoms with Crippen LogP contribution in [0.25, 0.3) is 6.08 Å². The highest BCUT2D eigenvalue weighted by atomic mass is 16.3. The Morgan fingerprint density at radius 2 is 2.00 bits per heavy atom. The molecule has 1 unspecified atom stereocenters. The maximum absolute atomic E-state index is 9.42. The minimum Gasteiger partial charge on any atom is -0.393 e. The van der Waals surface area contributed by atoms with Crippen molar-refractivity contribution in [1.29, 1.82) is 0 Å². The molecule has 0 heterocycles. The van der Waals surface area contributed by atoms with Crippen molar-refractivity contribution in [2.45, 2.75) is 25.9 Å². The van der Waals surface area contributed by atoms with Crippen LogP contribution in [0.3, 0.4) is 0 Å². The summed E-state index contributed by atoms with van der Waals surface area (Å²) >= 11 is 0. The third-order valence-electron chi connectivity index (χ3n) is 2.16. The van der Waals surface area contributed by atoms with Crippen molar-refractivity contribution in [3.05, 3.63) is 42.0 Å². The van der Waals surface area contributed by atoms with Crippen molar-refractivity contribution < 1.29 is 5.11 Å². The van der Waals surface area contributed by atoms with Crippen LogP contribution in [0.5, 0.6) is 0 Å². The second-order valence-electron chi connectivity index (χ2n) is 3.21. The molecule has 0 aromatic heterocycles. The summed E-state index contributed by atoms with van der Waals surface area (Å²) in [5.41, 5.74) is 2.30. The predicted molar refractivity (Wildman–Crippen MR) is 56.5 cm³/mol. The van der Waals surface area contributed by atoms with Gasteiger partial charge in [0.25, 0.3) is 0 Å². The monoisotopic (exact) mass is 176 g/mol. The van der Waals surface area contributed by atoms with Gasteiger partial charge >= 0.3 is 0 Å². The van der Waals surface area contributed by atoms with Crippen molar-refractivity contribution >= 4 is 6.08 Å². The van der Waals surface area contributed by atoms with Crippen LogP contribution in [0.1, 0.15) is 24.5 Å². The molecule has 0 radical (unpaired) electrons. The molecule has 0 aliphatic heterocycles. The lowest BCUT2D eigenvalue weighted by atomic mass is 10.0. The van der Waals surface area contributed by atoms with E-state index in [0.29, 0.717) is 0 Å². The summed E-state index contributed by atoms with van der Waals surface area (Å²) in [6.45, 7) is 5.68. The summed E-state index contributed by atoms with van der Waals surface area (Å²) in [4.78, 5) is 0. The van der Waals surface area contributed by atoms with Crippen LogP contribution in [-0.2, 0) is 6.42 Å². The summed E-state index contributed by atoms with van der Waals surface area (Å²) in [6.07, 6.45) is 3.16. The lowest BCUT2D eigenvalue weighted by molar-refractivity contribution is 0.171. The van der Waals surface area contributed by atoms with E-state index in [0.717, 1.165) is 18.4 Å². The Hall–Kier alpha value is -1.08. The number of rotatable bonds is 4. The molecule has 0 saturated heterocycles. The van der Waals surface area contributed by atoms with Crippen molar-refractivity contribution in [1.82, 2.24) is 0 Å². The zero-order chi connectivity index (χ0) is 9.68. The second kappa shape index (κ2) is 4.83. The van der Waals surface area contributed by atoms with Crippen LogP contribution in [0.15, 0.2) is 30.8 Å². The van der Waals surface area contributed by atoms with Crippen LogP contribution in [-0.4, -0.2) is 11.2 Å². The first kappa shape index (κ1) is 10.0. The highest BCUT2D eigenvalue weighted by Crippen LogP contribution is 2.08. The van der Waals surface area contributed by atoms with Crippen LogP contribution in [0.2, 0.25) is 0 Å². The van der Waals surface area contributed by atoms with Gasteiger partial charge in [-0.2, -0.15) is 0 Å². The van der Waals surface area contributed by atoms with Gasteiger partial charge in [0.1, 0.15) is 0 Å². The Morgan fingerprint density at radius 1 is 1.38 bits per heavy atom. The summed E-state index contributed by atoms with van der Waals surface area (Å²) < 4.78 is 0. The number of benzene rings is 1. The van der Waals surface area contributed by atoms with Gasteiger partial charge in [0, 0.05) is 0 Å². The Bertz CT molecular complexity index is 261. The summed E-state index contributed by atoms with van der Waals surface area (Å²) in [7, 11) is 0. The zero-order valence-electron chi connectivity index (χ0n) is 8.03. The van der Waals surface area contributed by atoms with Gasteiger partial charge in [-0.15, -0.1) is 0 Å². The molecule has 1 aromatic rings. The normalized spacial score (nSPS) is 12.5. The first-order chi connectivity index (χ1) is 6.26. The molecule has 13 heavy (non-hydrogen) atoms. The van der Waals surface area contributed by atoms with Crippen molar-refractivity contribution in [2.24, 2.45) is 0 Å². The van der Waals surface area contributed by atoms with Crippen LogP contribution in [0.4, 0.5) is 0 Å². The minimum atomic E-state index is -0.213. The molecular weight excluding hydrogens is 160 g/mol. The quantitative estimate of drug-likeness (QED) is 0.747. The standard InChI is InChI=1S/C12H16O/c1-3-10-5-7-11(8-6-10)9-12(13)4-2/h3,5-8,12-13H,1,4,9H2,2H3. The fraction of sp³-hybridized carbons (Fsp3) is 0.333. The largest absolute Gasteiger partial charge is 0.393 e. The van der Waals surface area contributed by atoms with Gasteiger partial charge in [-0.05, 0) is 24.0 Å². The molecule has 1 aromatic carbocycles. The Balaban J connectivity index is 2.63. The maximum Gasteiger partial charge on any atom is 0.0577 e. The third-order valence-corrected chi connectivity index (χ3v) is 2.16. The molecule has 0 amide bonds. The van der Waals surface area contributed by atoms with Gasteiger partial charge in [0.05, 0.1) is 6.10 Å². The number of hydrogen-bond acceptors (Lipinski definition) is 1. The lowest BCUT2D eigenvalue weighted by Gasteiger charge is -2.07. The van der Waals surface area contributed by atoms with Crippen molar-refractivity contribution in [3.8, 4) is 0 Å². The van der Waals surface area contributed by atoms with E-state index in [9.17, 15) is 5.11 Å². The van der Waals surface area contributed by atoms with Gasteiger partial charge in [-0.1, -0.05) is 43.8 Å². The van der Waals surface area contributed by atoms with E-state index in [1.807, 2.05) is 37.3 Å². The maximum atomic E-state index is 9.42. The van der Waals surface area contributed by atoms with Crippen LogP contribution >= 0.6 is 0 Å². The lowest BCUT2D eigenvalue weighted by Crippen LogP contribution is -2.07. The van der Waals surface area contributed by atoms with E-state index >= 15 is 0 Å². The molecule has 70 valence electrons. The molecule has 1 nitrogen and oxygen atoms in total. The van der Waals surface area contributed by atoms with Gasteiger partial charge in [-0.25, -0.2) is 0 Å². The summed E-state index contributed by atoms with van der Waals surface area (Å²) in [5, 5.41) is 9.42. The average molecular weight is 176 g/mol. The molecule has 0 fully saturated rings. The van der Waals surface area contributed by atoms with Gasteiger partial charge in [-0.3, -0.25) is 0 Å². The molecule has 1 rings (SSSR count). The Labute approximate surface area is 79.7 Å². The molecule has 0 saturated carbocycles. The number of aliphatic hydroxyl groups excluding tert-OH is 1. The molecule has 1 atom stereocenters. The highest BCUT2D eigenvalue weighted by Gasteiger charge is 2.01. The van der Waals surface area contributed by atoms with Gasteiger partial charge in [0.15, 0.2) is 0 Å². The fourth-order valence-electron chi connectivity index (χ4n) is 1.21. The van der Waals surface area contributed by atoms with E-state index in [2.05, 4.69) is 6.58 Å². The molecule has 0 aliphatic carbocycles. The third kappa shape index (κ3) is 3.03. The van der Waals surface area contributed by atoms with E-state index in [1.165, 1.54) is 5.56 Å². The van der Waals surface area contributed by atoms with E-state index in [4.69, 9.17) is 0 Å². The number of aliphatic hydroxyl groups is 1. The second-order valence-corrected chi connectivity index (χ2v) is 3.21. The van der Waals surface area contributed by atoms with E-state index in [1.54, 1.807) is 0 Å². The molecule has 1 heteroatoms.